The fraction of sp³-hybridized carbons (Fsp3) is 0.385. The molecule has 178 valence electrons. The number of carbonyl (C=O) groups is 3. The Morgan fingerprint density at radius 3 is 2.24 bits per heavy atom. The second kappa shape index (κ2) is 11.8. The number of hydrogen-bond acceptors (Lipinski definition) is 5. The molecule has 0 aromatic heterocycles. The Hall–Kier alpha value is -3.86. The molecular weight excluding hydrogens is 434 g/mol. The van der Waals surface area contributed by atoms with E-state index in [1.165, 1.54) is 0 Å². The van der Waals surface area contributed by atoms with Crippen molar-refractivity contribution in [2.45, 2.75) is 57.0 Å². The van der Waals surface area contributed by atoms with Crippen LogP contribution in [0.2, 0.25) is 0 Å². The first kappa shape index (κ1) is 24.8. The highest BCUT2D eigenvalue weighted by molar-refractivity contribution is 5.86. The zero-order valence-corrected chi connectivity index (χ0v) is 19.1. The summed E-state index contributed by atoms with van der Waals surface area (Å²) in [5.41, 5.74) is 4.40. The molecule has 34 heavy (non-hydrogen) atoms. The fourth-order valence-electron chi connectivity index (χ4n) is 4.25. The summed E-state index contributed by atoms with van der Waals surface area (Å²) < 4.78 is 5.53. The minimum Gasteiger partial charge on any atom is -0.481 e. The molecule has 0 heterocycles. The fourth-order valence-corrected chi connectivity index (χ4v) is 4.25. The van der Waals surface area contributed by atoms with E-state index >= 15 is 0 Å². The second-order valence-corrected chi connectivity index (χ2v) is 8.28. The van der Waals surface area contributed by atoms with Crippen LogP contribution >= 0.6 is 0 Å². The third-order valence-corrected chi connectivity index (χ3v) is 5.99. The summed E-state index contributed by atoms with van der Waals surface area (Å²) in [4.78, 5) is 36.4. The normalized spacial score (nSPS) is 13.6. The summed E-state index contributed by atoms with van der Waals surface area (Å²) in [6.07, 6.45) is 0.389. The van der Waals surface area contributed by atoms with Crippen LogP contribution in [-0.4, -0.2) is 41.8 Å². The van der Waals surface area contributed by atoms with Crippen molar-refractivity contribution in [2.75, 3.05) is 6.61 Å². The van der Waals surface area contributed by atoms with Gasteiger partial charge in [-0.2, -0.15) is 5.26 Å². The maximum Gasteiger partial charge on any atom is 0.407 e. The third kappa shape index (κ3) is 6.13. The van der Waals surface area contributed by atoms with Gasteiger partial charge in [0.25, 0.3) is 0 Å². The molecule has 0 fully saturated rings. The van der Waals surface area contributed by atoms with Gasteiger partial charge in [-0.05, 0) is 41.5 Å². The highest BCUT2D eigenvalue weighted by Gasteiger charge is 2.30. The Balaban J connectivity index is 1.65. The topological polar surface area (TPSA) is 129 Å². The standard InChI is InChI=1S/C26H29N3O5/c1-2-17(15-24(30)31)28-25(32)23(13-7-8-14-27)29-26(33)34-16-22-20-11-5-3-9-18(20)19-10-4-6-12-21(19)22/h3-6,9-12,17,22-23H,2,7-8,13,15-16H2,1H3,(H,28,32)(H,29,33)(H,30,31). The molecule has 8 nitrogen and oxygen atoms in total. The summed E-state index contributed by atoms with van der Waals surface area (Å²) in [7, 11) is 0. The lowest BCUT2D eigenvalue weighted by molar-refractivity contribution is -0.137. The molecule has 0 aliphatic heterocycles. The van der Waals surface area contributed by atoms with E-state index in [1.54, 1.807) is 6.92 Å². The lowest BCUT2D eigenvalue weighted by atomic mass is 9.98. The SMILES string of the molecule is CCC(CC(=O)O)NC(=O)C(CCCC#N)NC(=O)OCC1c2ccccc2-c2ccccc21. The zero-order valence-electron chi connectivity index (χ0n) is 19.1. The molecule has 1 aliphatic carbocycles. The predicted octanol–water partition coefficient (Wildman–Crippen LogP) is 3.96. The van der Waals surface area contributed by atoms with Crippen molar-refractivity contribution in [2.24, 2.45) is 0 Å². The van der Waals surface area contributed by atoms with Crippen molar-refractivity contribution in [1.82, 2.24) is 10.6 Å². The molecule has 0 saturated carbocycles. The summed E-state index contributed by atoms with van der Waals surface area (Å²) in [6, 6.07) is 16.5. The molecule has 2 atom stereocenters. The summed E-state index contributed by atoms with van der Waals surface area (Å²) in [6.45, 7) is 1.89. The molecule has 0 saturated heterocycles. The molecule has 3 rings (SSSR count). The first-order valence-corrected chi connectivity index (χ1v) is 11.4. The number of aliphatic carboxylic acids is 1. The first-order valence-electron chi connectivity index (χ1n) is 11.4. The summed E-state index contributed by atoms with van der Waals surface area (Å²) >= 11 is 0. The number of hydrogen-bond donors (Lipinski definition) is 3. The quantitative estimate of drug-likeness (QED) is 0.433. The number of nitrogens with zero attached hydrogens (tertiary/aromatic N) is 1. The number of carboxylic acids is 1. The molecular formula is C26H29N3O5. The highest BCUT2D eigenvalue weighted by Crippen LogP contribution is 2.44. The van der Waals surface area contributed by atoms with Crippen LogP contribution in [0.1, 0.15) is 56.1 Å². The summed E-state index contributed by atoms with van der Waals surface area (Å²) in [5.74, 6) is -1.61. The van der Waals surface area contributed by atoms with E-state index in [-0.39, 0.29) is 31.8 Å². The minimum atomic E-state index is -1.02. The van der Waals surface area contributed by atoms with Gasteiger partial charge in [0.15, 0.2) is 0 Å². The van der Waals surface area contributed by atoms with Gasteiger partial charge in [-0.1, -0.05) is 55.5 Å². The molecule has 8 heteroatoms. The molecule has 1 aliphatic rings. The number of alkyl carbamates (subject to hydrolysis) is 1. The number of unbranched alkanes of at least 4 members (excludes halogenated alkanes) is 1. The number of carboxylic acid groups (broad SMARTS) is 1. The third-order valence-electron chi connectivity index (χ3n) is 5.99. The van der Waals surface area contributed by atoms with Gasteiger partial charge in [-0.15, -0.1) is 0 Å². The van der Waals surface area contributed by atoms with Crippen LogP contribution in [0.5, 0.6) is 0 Å². The predicted molar refractivity (Wildman–Crippen MR) is 126 cm³/mol. The molecule has 0 bridgehead atoms. The Labute approximate surface area is 198 Å². The molecule has 2 aromatic carbocycles. The Bertz CT molecular complexity index is 1030. The lowest BCUT2D eigenvalue weighted by Gasteiger charge is -2.22. The van der Waals surface area contributed by atoms with Gasteiger partial charge in [0.2, 0.25) is 5.91 Å². The zero-order chi connectivity index (χ0) is 24.5. The van der Waals surface area contributed by atoms with E-state index in [4.69, 9.17) is 15.1 Å². The molecule has 0 radical (unpaired) electrons. The number of rotatable bonds is 11. The van der Waals surface area contributed by atoms with Crippen LogP contribution in [-0.2, 0) is 14.3 Å². The monoisotopic (exact) mass is 463 g/mol. The number of fused-ring (bicyclic) bond motifs is 3. The number of nitriles is 1. The number of amides is 2. The van der Waals surface area contributed by atoms with Crippen molar-refractivity contribution in [3.63, 3.8) is 0 Å². The van der Waals surface area contributed by atoms with Gasteiger partial charge in [0.05, 0.1) is 12.5 Å². The van der Waals surface area contributed by atoms with Crippen LogP contribution < -0.4 is 10.6 Å². The van der Waals surface area contributed by atoms with Crippen molar-refractivity contribution in [1.29, 1.82) is 5.26 Å². The van der Waals surface area contributed by atoms with Crippen LogP contribution in [0.15, 0.2) is 48.5 Å². The van der Waals surface area contributed by atoms with E-state index in [2.05, 4.69) is 10.6 Å². The molecule has 2 aromatic rings. The van der Waals surface area contributed by atoms with Gasteiger partial charge < -0.3 is 20.5 Å². The minimum absolute atomic E-state index is 0.107. The van der Waals surface area contributed by atoms with Gasteiger partial charge in [0.1, 0.15) is 12.6 Å². The van der Waals surface area contributed by atoms with Crippen molar-refractivity contribution >= 4 is 18.0 Å². The Morgan fingerprint density at radius 2 is 1.68 bits per heavy atom. The smallest absolute Gasteiger partial charge is 0.407 e. The van der Waals surface area contributed by atoms with E-state index < -0.39 is 30.1 Å². The van der Waals surface area contributed by atoms with E-state index in [9.17, 15) is 14.4 Å². The van der Waals surface area contributed by atoms with E-state index in [1.807, 2.05) is 54.6 Å². The maximum absolute atomic E-state index is 12.8. The number of benzene rings is 2. The maximum atomic E-state index is 12.8. The largest absolute Gasteiger partial charge is 0.481 e. The average molecular weight is 464 g/mol. The first-order chi connectivity index (χ1) is 16.4. The Morgan fingerprint density at radius 1 is 1.06 bits per heavy atom. The van der Waals surface area contributed by atoms with Crippen LogP contribution in [0.4, 0.5) is 4.79 Å². The van der Waals surface area contributed by atoms with Gasteiger partial charge >= 0.3 is 12.1 Å². The molecule has 2 amide bonds. The van der Waals surface area contributed by atoms with Gasteiger partial charge in [-0.3, -0.25) is 9.59 Å². The summed E-state index contributed by atoms with van der Waals surface area (Å²) in [5, 5.41) is 23.1. The van der Waals surface area contributed by atoms with Crippen molar-refractivity contribution in [3.05, 3.63) is 59.7 Å². The number of carbonyl (C=O) groups excluding carboxylic acids is 2. The van der Waals surface area contributed by atoms with Crippen molar-refractivity contribution in [3.8, 4) is 17.2 Å². The molecule has 3 N–H and O–H groups in total. The van der Waals surface area contributed by atoms with E-state index in [0.717, 1.165) is 22.3 Å². The number of ether oxygens (including phenoxy) is 1. The van der Waals surface area contributed by atoms with Crippen LogP contribution in [0, 0.1) is 11.3 Å². The van der Waals surface area contributed by atoms with Crippen LogP contribution in [0.3, 0.4) is 0 Å². The van der Waals surface area contributed by atoms with Gasteiger partial charge in [0, 0.05) is 18.4 Å². The number of nitrogens with one attached hydrogen (secondary N) is 2. The van der Waals surface area contributed by atoms with Crippen molar-refractivity contribution < 1.29 is 24.2 Å². The molecule has 2 unspecified atom stereocenters. The Kier molecular flexibility index (Phi) is 8.63. The van der Waals surface area contributed by atoms with E-state index in [0.29, 0.717) is 12.8 Å². The van der Waals surface area contributed by atoms with Gasteiger partial charge in [-0.25, -0.2) is 4.79 Å². The lowest BCUT2D eigenvalue weighted by Crippen LogP contribution is -2.50. The average Bonchev–Trinajstić information content (AvgIpc) is 3.15. The second-order valence-electron chi connectivity index (χ2n) is 8.28. The molecule has 0 spiro atoms. The highest BCUT2D eigenvalue weighted by atomic mass is 16.5. The van der Waals surface area contributed by atoms with Crippen LogP contribution in [0.25, 0.3) is 11.1 Å².